The molecule has 2 aromatic carbocycles. The molecule has 2 heterocycles. The first-order valence-electron chi connectivity index (χ1n) is 11.1. The lowest BCUT2D eigenvalue weighted by molar-refractivity contribution is -0.333. The fourth-order valence-electron chi connectivity index (χ4n) is 4.09. The van der Waals surface area contributed by atoms with Crippen molar-refractivity contribution in [1.29, 1.82) is 0 Å². The number of nitrogens with one attached hydrogen (secondary N) is 2. The van der Waals surface area contributed by atoms with Gasteiger partial charge in [-0.05, 0) is 38.0 Å². The topological polar surface area (TPSA) is 81.2 Å². The molecule has 0 saturated carbocycles. The van der Waals surface area contributed by atoms with Crippen molar-refractivity contribution in [2.45, 2.75) is 50.0 Å². The molecule has 2 aliphatic rings. The average molecular weight is 495 g/mol. The van der Waals surface area contributed by atoms with E-state index >= 15 is 0 Å². The lowest BCUT2D eigenvalue weighted by Gasteiger charge is -2.43. The molecule has 0 aliphatic carbocycles. The van der Waals surface area contributed by atoms with Gasteiger partial charge in [0.25, 0.3) is 0 Å². The summed E-state index contributed by atoms with van der Waals surface area (Å²) in [5, 5.41) is 5.32. The van der Waals surface area contributed by atoms with Gasteiger partial charge in [-0.25, -0.2) is 9.18 Å². The largest absolute Gasteiger partial charge is 0.494 e. The van der Waals surface area contributed by atoms with Gasteiger partial charge in [0.15, 0.2) is 17.2 Å². The number of amides is 2. The fourth-order valence-corrected chi connectivity index (χ4v) is 4.09. The predicted molar refractivity (Wildman–Crippen MR) is 120 cm³/mol. The van der Waals surface area contributed by atoms with Crippen molar-refractivity contribution in [2.75, 3.05) is 19.0 Å². The van der Waals surface area contributed by atoms with Crippen LogP contribution in [0.4, 0.5) is 28.0 Å². The summed E-state index contributed by atoms with van der Waals surface area (Å²) < 4.78 is 71.2. The van der Waals surface area contributed by atoms with Gasteiger partial charge < -0.3 is 24.8 Å². The molecule has 4 rings (SSSR count). The summed E-state index contributed by atoms with van der Waals surface area (Å²) in [4.78, 5) is 17.1. The highest BCUT2D eigenvalue weighted by Crippen LogP contribution is 2.52. The zero-order chi connectivity index (χ0) is 25.2. The zero-order valence-electron chi connectivity index (χ0n) is 19.1. The molecule has 0 radical (unpaired) electrons. The summed E-state index contributed by atoms with van der Waals surface area (Å²) in [6.45, 7) is 1.84. The Labute approximate surface area is 199 Å². The van der Waals surface area contributed by atoms with Crippen LogP contribution in [-0.4, -0.2) is 43.9 Å². The van der Waals surface area contributed by atoms with E-state index in [1.165, 1.54) is 37.4 Å². The van der Waals surface area contributed by atoms with Crippen LogP contribution in [0.1, 0.15) is 31.7 Å². The third-order valence-electron chi connectivity index (χ3n) is 6.03. The van der Waals surface area contributed by atoms with Crippen molar-refractivity contribution >= 4 is 17.6 Å². The molecule has 1 fully saturated rings. The van der Waals surface area contributed by atoms with Gasteiger partial charge >= 0.3 is 12.2 Å². The van der Waals surface area contributed by atoms with Gasteiger partial charge in [0.1, 0.15) is 11.8 Å². The number of halogens is 4. The van der Waals surface area contributed by atoms with E-state index in [4.69, 9.17) is 14.2 Å². The molecule has 188 valence electrons. The number of nitrogens with zero attached hydrogens (tertiary/aromatic N) is 1. The second-order valence-corrected chi connectivity index (χ2v) is 8.42. The molecule has 0 bridgehead atoms. The Kier molecular flexibility index (Phi) is 6.88. The van der Waals surface area contributed by atoms with Crippen molar-refractivity contribution in [2.24, 2.45) is 4.99 Å². The number of hydrogen-bond acceptors (Lipinski definition) is 5. The second kappa shape index (κ2) is 9.73. The summed E-state index contributed by atoms with van der Waals surface area (Å²) in [7, 11) is 1.31. The van der Waals surface area contributed by atoms with Gasteiger partial charge in [0.2, 0.25) is 5.90 Å². The SMILES string of the molecule is COc1cc(NC(=O)NC2CCC(C)N=C2Oc2ccccc2[C@@]2(C(F)(F)F)CCO2)ccc1F. The van der Waals surface area contributed by atoms with Crippen molar-refractivity contribution in [3.05, 3.63) is 53.8 Å². The van der Waals surface area contributed by atoms with Crippen LogP contribution in [0.5, 0.6) is 11.5 Å². The Morgan fingerprint density at radius 2 is 1.91 bits per heavy atom. The van der Waals surface area contributed by atoms with Crippen LogP contribution < -0.4 is 20.1 Å². The first kappa shape index (κ1) is 24.8. The molecule has 1 saturated heterocycles. The van der Waals surface area contributed by atoms with Crippen LogP contribution in [-0.2, 0) is 10.3 Å². The van der Waals surface area contributed by atoms with Crippen LogP contribution in [0.25, 0.3) is 0 Å². The van der Waals surface area contributed by atoms with E-state index in [1.807, 2.05) is 6.92 Å². The lowest BCUT2D eigenvalue weighted by Crippen LogP contribution is -2.53. The standard InChI is InChI=1S/C24H25F4N3O4/c1-14-7-10-18(31-22(32)30-15-8-9-17(25)20(13-15)33-2)21(29-14)35-19-6-4-3-5-16(19)23(11-12-34-23)24(26,27)28/h3-6,8-9,13-14,18H,7,10-12H2,1-2H3,(H2,30,31,32)/t14?,18?,23-/m1/s1. The molecule has 2 aromatic rings. The number of benzene rings is 2. The maximum atomic E-state index is 13.9. The Bertz CT molecular complexity index is 1120. The normalized spacial score (nSPS) is 24.1. The highest BCUT2D eigenvalue weighted by molar-refractivity contribution is 5.94. The van der Waals surface area contributed by atoms with E-state index < -0.39 is 29.7 Å². The van der Waals surface area contributed by atoms with Gasteiger partial charge in [-0.3, -0.25) is 4.99 Å². The first-order valence-corrected chi connectivity index (χ1v) is 11.1. The Morgan fingerprint density at radius 3 is 2.57 bits per heavy atom. The highest BCUT2D eigenvalue weighted by atomic mass is 19.4. The number of para-hydroxylation sites is 1. The Hall–Kier alpha value is -3.34. The van der Waals surface area contributed by atoms with Crippen molar-refractivity contribution < 1.29 is 36.6 Å². The van der Waals surface area contributed by atoms with Crippen LogP contribution in [0, 0.1) is 5.82 Å². The van der Waals surface area contributed by atoms with Crippen molar-refractivity contribution in [3.8, 4) is 11.5 Å². The van der Waals surface area contributed by atoms with E-state index in [9.17, 15) is 22.4 Å². The van der Waals surface area contributed by atoms with Crippen LogP contribution >= 0.6 is 0 Å². The molecule has 7 nitrogen and oxygen atoms in total. The van der Waals surface area contributed by atoms with Gasteiger partial charge in [-0.15, -0.1) is 0 Å². The number of alkyl halides is 3. The zero-order valence-corrected chi connectivity index (χ0v) is 19.1. The molecule has 35 heavy (non-hydrogen) atoms. The van der Waals surface area contributed by atoms with Crippen molar-refractivity contribution in [1.82, 2.24) is 5.32 Å². The monoisotopic (exact) mass is 495 g/mol. The van der Waals surface area contributed by atoms with Crippen LogP contribution in [0.3, 0.4) is 0 Å². The summed E-state index contributed by atoms with van der Waals surface area (Å²) in [5.74, 6) is -0.547. The van der Waals surface area contributed by atoms with E-state index in [0.717, 1.165) is 6.07 Å². The molecule has 2 aliphatic heterocycles. The molecule has 2 amide bonds. The minimum atomic E-state index is -4.62. The number of rotatable bonds is 5. The minimum absolute atomic E-state index is 0.00958. The minimum Gasteiger partial charge on any atom is -0.494 e. The number of methoxy groups -OCH3 is 1. The molecular weight excluding hydrogens is 470 g/mol. The molecule has 0 spiro atoms. The maximum absolute atomic E-state index is 13.9. The second-order valence-electron chi connectivity index (χ2n) is 8.42. The third-order valence-corrected chi connectivity index (χ3v) is 6.03. The highest BCUT2D eigenvalue weighted by Gasteiger charge is 2.62. The number of aliphatic imine (C=N–C) groups is 1. The van der Waals surface area contributed by atoms with Crippen molar-refractivity contribution in [3.63, 3.8) is 0 Å². The molecule has 3 atom stereocenters. The summed E-state index contributed by atoms with van der Waals surface area (Å²) in [5.41, 5.74) is -2.28. The van der Waals surface area contributed by atoms with Crippen LogP contribution in [0.2, 0.25) is 0 Å². The summed E-state index contributed by atoms with van der Waals surface area (Å²) in [6, 6.07) is 8.21. The maximum Gasteiger partial charge on any atom is 0.421 e. The van der Waals surface area contributed by atoms with Gasteiger partial charge in [-0.2, -0.15) is 13.2 Å². The Morgan fingerprint density at radius 1 is 1.17 bits per heavy atom. The van der Waals surface area contributed by atoms with Crippen LogP contribution in [0.15, 0.2) is 47.5 Å². The van der Waals surface area contributed by atoms with E-state index in [1.54, 1.807) is 6.07 Å². The average Bonchev–Trinajstić information content (AvgIpc) is 2.76. The van der Waals surface area contributed by atoms with Gasteiger partial charge in [0, 0.05) is 23.7 Å². The van der Waals surface area contributed by atoms with E-state index in [2.05, 4.69) is 15.6 Å². The van der Waals surface area contributed by atoms with E-state index in [-0.39, 0.29) is 42.0 Å². The predicted octanol–water partition coefficient (Wildman–Crippen LogP) is 5.16. The number of urea groups is 1. The molecule has 0 aromatic heterocycles. The molecule has 2 N–H and O–H groups in total. The number of carbonyl (C=O) groups excluding carboxylic acids is 1. The quantitative estimate of drug-likeness (QED) is 0.562. The summed E-state index contributed by atoms with van der Waals surface area (Å²) in [6.07, 6.45) is -3.74. The Balaban J connectivity index is 1.53. The number of anilines is 1. The lowest BCUT2D eigenvalue weighted by atomic mass is 9.85. The fraction of sp³-hybridized carbons (Fsp3) is 0.417. The number of ether oxygens (including phenoxy) is 3. The smallest absolute Gasteiger partial charge is 0.421 e. The molecule has 11 heteroatoms. The number of hydrogen-bond donors (Lipinski definition) is 2. The van der Waals surface area contributed by atoms with E-state index in [0.29, 0.717) is 18.5 Å². The molecule has 2 unspecified atom stereocenters. The first-order chi connectivity index (χ1) is 16.6. The number of carbonyl (C=O) groups is 1. The van der Waals surface area contributed by atoms with Gasteiger partial charge in [-0.1, -0.05) is 18.2 Å². The summed E-state index contributed by atoms with van der Waals surface area (Å²) >= 11 is 0. The third kappa shape index (κ3) is 5.04. The van der Waals surface area contributed by atoms with Gasteiger partial charge in [0.05, 0.1) is 19.8 Å². The molecular formula is C24H25F4N3O4.